The van der Waals surface area contributed by atoms with E-state index in [1.54, 1.807) is 4.90 Å². The molecule has 0 radical (unpaired) electrons. The molecule has 1 aliphatic rings. The Morgan fingerprint density at radius 2 is 2.05 bits per heavy atom. The van der Waals surface area contributed by atoms with Crippen LogP contribution in [0.3, 0.4) is 0 Å². The molecule has 0 aliphatic carbocycles. The summed E-state index contributed by atoms with van der Waals surface area (Å²) in [5.74, 6) is 1.24. The van der Waals surface area contributed by atoms with E-state index in [4.69, 9.17) is 0 Å². The number of rotatable bonds is 3. The summed E-state index contributed by atoms with van der Waals surface area (Å²) < 4.78 is 11.3. The first kappa shape index (κ1) is 14.1. The molecule has 1 saturated heterocycles. The molecule has 104 valence electrons. The normalized spacial score (nSPS) is 16.4. The van der Waals surface area contributed by atoms with Gasteiger partial charge in [-0.1, -0.05) is 0 Å². The summed E-state index contributed by atoms with van der Waals surface area (Å²) in [6.45, 7) is 6.11. The molecule has 4 nitrogen and oxygen atoms in total. The van der Waals surface area contributed by atoms with E-state index in [2.05, 4.69) is 5.32 Å². The largest absolute Gasteiger partial charge is 0.385 e. The molecule has 0 bridgehead atoms. The molecule has 19 heavy (non-hydrogen) atoms. The monoisotopic (exact) mass is 280 g/mol. The number of anilines is 1. The fourth-order valence-electron chi connectivity index (χ4n) is 2.21. The molecule has 0 spiro atoms. The van der Waals surface area contributed by atoms with Crippen molar-refractivity contribution in [2.75, 3.05) is 36.5 Å². The minimum atomic E-state index is -0.748. The van der Waals surface area contributed by atoms with Crippen molar-refractivity contribution in [1.29, 1.82) is 0 Å². The smallest absolute Gasteiger partial charge is 0.253 e. The second kappa shape index (κ2) is 6.19. The quantitative estimate of drug-likeness (QED) is 0.915. The van der Waals surface area contributed by atoms with Crippen molar-refractivity contribution in [2.45, 2.75) is 13.8 Å². The second-order valence-corrected chi connectivity index (χ2v) is 6.40. The third-order valence-electron chi connectivity index (χ3n) is 3.31. The van der Waals surface area contributed by atoms with Crippen molar-refractivity contribution in [3.8, 4) is 0 Å². The Bertz CT molecular complexity index is 492. The number of hydrogen-bond donors (Lipinski definition) is 1. The fraction of sp³-hybridized carbons (Fsp3) is 0.500. The van der Waals surface area contributed by atoms with Crippen molar-refractivity contribution >= 4 is 22.4 Å². The van der Waals surface area contributed by atoms with Crippen LogP contribution in [-0.4, -0.2) is 46.2 Å². The Morgan fingerprint density at radius 3 is 2.63 bits per heavy atom. The second-order valence-electron chi connectivity index (χ2n) is 4.70. The Kier molecular flexibility index (Phi) is 4.58. The van der Waals surface area contributed by atoms with Gasteiger partial charge in [-0.15, -0.1) is 0 Å². The highest BCUT2D eigenvalue weighted by atomic mass is 32.2. The standard InChI is InChI=1S/C14H20N2O2S/c1-3-15-13-5-4-12(10-11(13)2)14(17)16-6-8-19(18)9-7-16/h4-5,10,15H,3,6-9H2,1-2H3. The number of amides is 1. The topological polar surface area (TPSA) is 49.4 Å². The van der Waals surface area contributed by atoms with Crippen molar-refractivity contribution in [2.24, 2.45) is 0 Å². The van der Waals surface area contributed by atoms with E-state index >= 15 is 0 Å². The van der Waals surface area contributed by atoms with Gasteiger partial charge in [0.05, 0.1) is 0 Å². The number of benzene rings is 1. The summed E-state index contributed by atoms with van der Waals surface area (Å²) in [6.07, 6.45) is 0. The molecule has 0 saturated carbocycles. The lowest BCUT2D eigenvalue weighted by Gasteiger charge is -2.26. The van der Waals surface area contributed by atoms with Crippen molar-refractivity contribution < 1.29 is 9.00 Å². The molecular formula is C14H20N2O2S. The first-order valence-corrected chi connectivity index (χ1v) is 8.09. The molecule has 5 heteroatoms. The SMILES string of the molecule is CCNc1ccc(C(=O)N2CCS(=O)CC2)cc1C. The van der Waals surface area contributed by atoms with Gasteiger partial charge in [-0.3, -0.25) is 9.00 Å². The highest BCUT2D eigenvalue weighted by molar-refractivity contribution is 7.85. The third kappa shape index (κ3) is 3.35. The van der Waals surface area contributed by atoms with E-state index in [0.717, 1.165) is 17.8 Å². The Morgan fingerprint density at radius 1 is 1.37 bits per heavy atom. The minimum absolute atomic E-state index is 0.0443. The van der Waals surface area contributed by atoms with Crippen LogP contribution < -0.4 is 5.32 Å². The molecule has 2 rings (SSSR count). The summed E-state index contributed by atoms with van der Waals surface area (Å²) in [7, 11) is -0.748. The van der Waals surface area contributed by atoms with Crippen LogP contribution in [-0.2, 0) is 10.8 Å². The van der Waals surface area contributed by atoms with Gasteiger partial charge < -0.3 is 10.2 Å². The summed E-state index contributed by atoms with van der Waals surface area (Å²) >= 11 is 0. The maximum atomic E-state index is 12.3. The van der Waals surface area contributed by atoms with Crippen LogP contribution in [0.1, 0.15) is 22.8 Å². The molecular weight excluding hydrogens is 260 g/mol. The van der Waals surface area contributed by atoms with E-state index in [1.807, 2.05) is 32.0 Å². The number of hydrogen-bond acceptors (Lipinski definition) is 3. The van der Waals surface area contributed by atoms with E-state index < -0.39 is 10.8 Å². The summed E-state index contributed by atoms with van der Waals surface area (Å²) in [5, 5.41) is 3.26. The molecule has 1 fully saturated rings. The van der Waals surface area contributed by atoms with Gasteiger partial charge in [0.1, 0.15) is 0 Å². The van der Waals surface area contributed by atoms with Crippen LogP contribution in [0.4, 0.5) is 5.69 Å². The predicted octanol–water partition coefficient (Wildman–Crippen LogP) is 1.63. The lowest BCUT2D eigenvalue weighted by atomic mass is 10.1. The molecule has 1 aromatic rings. The lowest BCUT2D eigenvalue weighted by Crippen LogP contribution is -2.41. The zero-order chi connectivity index (χ0) is 13.8. The Hall–Kier alpha value is -1.36. The lowest BCUT2D eigenvalue weighted by molar-refractivity contribution is 0.0771. The van der Waals surface area contributed by atoms with Crippen LogP contribution in [0.15, 0.2) is 18.2 Å². The van der Waals surface area contributed by atoms with Gasteiger partial charge in [0, 0.05) is 53.2 Å². The van der Waals surface area contributed by atoms with Gasteiger partial charge in [-0.25, -0.2) is 0 Å². The Balaban J connectivity index is 2.11. The first-order valence-electron chi connectivity index (χ1n) is 6.60. The highest BCUT2D eigenvalue weighted by Crippen LogP contribution is 2.18. The number of nitrogens with one attached hydrogen (secondary N) is 1. The first-order chi connectivity index (χ1) is 9.11. The van der Waals surface area contributed by atoms with Gasteiger partial charge in [-0.05, 0) is 37.6 Å². The number of aryl methyl sites for hydroxylation is 1. The average Bonchev–Trinajstić information content (AvgIpc) is 2.41. The Labute approximate surface area is 116 Å². The van der Waals surface area contributed by atoms with E-state index in [0.29, 0.717) is 30.2 Å². The molecule has 0 unspecified atom stereocenters. The van der Waals surface area contributed by atoms with Gasteiger partial charge in [0.2, 0.25) is 0 Å². The predicted molar refractivity (Wildman–Crippen MR) is 79.1 cm³/mol. The van der Waals surface area contributed by atoms with Gasteiger partial charge in [-0.2, -0.15) is 0 Å². The summed E-state index contributed by atoms with van der Waals surface area (Å²) in [4.78, 5) is 14.1. The van der Waals surface area contributed by atoms with Crippen LogP contribution in [0, 0.1) is 6.92 Å². The van der Waals surface area contributed by atoms with Crippen molar-refractivity contribution in [3.63, 3.8) is 0 Å². The molecule has 1 amide bonds. The van der Waals surface area contributed by atoms with Gasteiger partial charge in [0.25, 0.3) is 5.91 Å². The number of carbonyl (C=O) groups is 1. The molecule has 0 atom stereocenters. The zero-order valence-corrected chi connectivity index (χ0v) is 12.3. The van der Waals surface area contributed by atoms with Crippen LogP contribution in [0.2, 0.25) is 0 Å². The van der Waals surface area contributed by atoms with Gasteiger partial charge in [0.15, 0.2) is 0 Å². The maximum absolute atomic E-state index is 12.3. The van der Waals surface area contributed by atoms with E-state index in [1.165, 1.54) is 0 Å². The molecule has 0 aromatic heterocycles. The van der Waals surface area contributed by atoms with Crippen LogP contribution in [0.25, 0.3) is 0 Å². The summed E-state index contributed by atoms with van der Waals surface area (Å²) in [5.41, 5.74) is 2.86. The molecule has 1 heterocycles. The number of nitrogens with zero attached hydrogens (tertiary/aromatic N) is 1. The van der Waals surface area contributed by atoms with Crippen molar-refractivity contribution in [3.05, 3.63) is 29.3 Å². The average molecular weight is 280 g/mol. The zero-order valence-electron chi connectivity index (χ0n) is 11.4. The number of carbonyl (C=O) groups excluding carboxylic acids is 1. The molecule has 1 aromatic carbocycles. The summed E-state index contributed by atoms with van der Waals surface area (Å²) in [6, 6.07) is 5.74. The van der Waals surface area contributed by atoms with E-state index in [-0.39, 0.29) is 5.91 Å². The van der Waals surface area contributed by atoms with E-state index in [9.17, 15) is 9.00 Å². The molecule has 1 aliphatic heterocycles. The fourth-order valence-corrected chi connectivity index (χ4v) is 3.26. The van der Waals surface area contributed by atoms with Gasteiger partial charge >= 0.3 is 0 Å². The maximum Gasteiger partial charge on any atom is 0.253 e. The van der Waals surface area contributed by atoms with Crippen molar-refractivity contribution in [1.82, 2.24) is 4.90 Å². The van der Waals surface area contributed by atoms with Crippen LogP contribution in [0.5, 0.6) is 0 Å². The third-order valence-corrected chi connectivity index (χ3v) is 4.58. The van der Waals surface area contributed by atoms with Crippen LogP contribution >= 0.6 is 0 Å². The molecule has 1 N–H and O–H groups in total. The minimum Gasteiger partial charge on any atom is -0.385 e. The highest BCUT2D eigenvalue weighted by Gasteiger charge is 2.21.